The standard InChI is InChI=1S/C17H17N7O2S/c1-17(25,14-19-5-6-27-14)10-3-4-11-12(7-10)24(13(22-11)8-26-2)16-21-9-20-15(18)23-16/h3-7,9,25H,8H2,1-2H3,(H2,18,20,21,23)/t17-/m1/s1. The van der Waals surface area contributed by atoms with Crippen LogP contribution in [0, 0.1) is 0 Å². The second-order valence-electron chi connectivity index (χ2n) is 6.05. The number of imidazole rings is 1. The summed E-state index contributed by atoms with van der Waals surface area (Å²) in [7, 11) is 1.59. The van der Waals surface area contributed by atoms with Gasteiger partial charge in [-0.05, 0) is 24.6 Å². The van der Waals surface area contributed by atoms with E-state index in [1.54, 1.807) is 24.8 Å². The predicted molar refractivity (Wildman–Crippen MR) is 100 cm³/mol. The SMILES string of the molecule is COCc1nc2ccc([C@@](C)(O)c3nccs3)cc2n1-c1ncnc(N)n1. The molecule has 0 radical (unpaired) electrons. The molecule has 4 rings (SSSR count). The van der Waals surface area contributed by atoms with Gasteiger partial charge in [-0.15, -0.1) is 11.3 Å². The molecule has 138 valence electrons. The Morgan fingerprint density at radius 3 is 2.81 bits per heavy atom. The van der Waals surface area contributed by atoms with E-state index in [2.05, 4.69) is 24.9 Å². The van der Waals surface area contributed by atoms with Crippen molar-refractivity contribution in [3.05, 3.63) is 52.5 Å². The normalized spacial score (nSPS) is 13.7. The maximum Gasteiger partial charge on any atom is 0.240 e. The Morgan fingerprint density at radius 1 is 1.26 bits per heavy atom. The Labute approximate surface area is 158 Å². The topological polar surface area (TPSA) is 125 Å². The lowest BCUT2D eigenvalue weighted by Gasteiger charge is -2.21. The molecule has 3 aromatic heterocycles. The van der Waals surface area contributed by atoms with E-state index in [1.807, 2.05) is 23.6 Å². The molecule has 3 heterocycles. The number of hydrogen-bond acceptors (Lipinski definition) is 9. The van der Waals surface area contributed by atoms with Gasteiger partial charge in [-0.2, -0.15) is 4.98 Å². The summed E-state index contributed by atoms with van der Waals surface area (Å²) in [6.07, 6.45) is 3.01. The summed E-state index contributed by atoms with van der Waals surface area (Å²) in [5, 5.41) is 13.5. The van der Waals surface area contributed by atoms with Gasteiger partial charge >= 0.3 is 0 Å². The molecule has 0 amide bonds. The van der Waals surface area contributed by atoms with Gasteiger partial charge in [0.15, 0.2) is 0 Å². The quantitative estimate of drug-likeness (QED) is 0.533. The molecule has 0 bridgehead atoms. The minimum atomic E-state index is -1.24. The minimum Gasteiger partial charge on any atom is -0.378 e. The predicted octanol–water partition coefficient (Wildman–Crippen LogP) is 1.65. The zero-order chi connectivity index (χ0) is 19.0. The lowest BCUT2D eigenvalue weighted by molar-refractivity contribution is 0.102. The molecule has 1 atom stereocenters. The van der Waals surface area contributed by atoms with Crippen molar-refractivity contribution in [2.24, 2.45) is 0 Å². The first-order valence-electron chi connectivity index (χ1n) is 8.08. The zero-order valence-electron chi connectivity index (χ0n) is 14.7. The Hall–Kier alpha value is -2.95. The van der Waals surface area contributed by atoms with Gasteiger partial charge in [0, 0.05) is 18.7 Å². The Balaban J connectivity index is 1.94. The Kier molecular flexibility index (Phi) is 4.30. The lowest BCUT2D eigenvalue weighted by Crippen LogP contribution is -2.22. The molecule has 0 saturated carbocycles. The number of aliphatic hydroxyl groups is 1. The van der Waals surface area contributed by atoms with Crippen LogP contribution >= 0.6 is 11.3 Å². The highest BCUT2D eigenvalue weighted by Gasteiger charge is 2.29. The average Bonchev–Trinajstić information content (AvgIpc) is 3.29. The molecule has 10 heteroatoms. The van der Waals surface area contributed by atoms with Gasteiger partial charge in [-0.1, -0.05) is 6.07 Å². The average molecular weight is 383 g/mol. The fraction of sp³-hybridized carbons (Fsp3) is 0.235. The van der Waals surface area contributed by atoms with Crippen LogP contribution in [0.25, 0.3) is 17.0 Å². The number of anilines is 1. The molecule has 0 saturated heterocycles. The lowest BCUT2D eigenvalue weighted by atomic mass is 9.96. The second-order valence-corrected chi connectivity index (χ2v) is 6.95. The first kappa shape index (κ1) is 17.5. The summed E-state index contributed by atoms with van der Waals surface area (Å²) in [5.74, 6) is 1.06. The number of nitrogen functional groups attached to an aromatic ring is 1. The number of benzene rings is 1. The van der Waals surface area contributed by atoms with Crippen molar-refractivity contribution in [2.75, 3.05) is 12.8 Å². The van der Waals surface area contributed by atoms with Gasteiger partial charge in [0.2, 0.25) is 11.9 Å². The van der Waals surface area contributed by atoms with Crippen molar-refractivity contribution in [2.45, 2.75) is 19.1 Å². The van der Waals surface area contributed by atoms with Crippen molar-refractivity contribution >= 4 is 28.3 Å². The molecule has 0 aliphatic carbocycles. The molecule has 1 aromatic carbocycles. The molecule has 0 fully saturated rings. The van der Waals surface area contributed by atoms with E-state index >= 15 is 0 Å². The van der Waals surface area contributed by atoms with Gasteiger partial charge in [0.1, 0.15) is 29.4 Å². The Bertz CT molecular complexity index is 1090. The van der Waals surface area contributed by atoms with E-state index in [9.17, 15) is 5.11 Å². The molecule has 0 aliphatic rings. The van der Waals surface area contributed by atoms with Crippen molar-refractivity contribution < 1.29 is 9.84 Å². The molecular formula is C17H17N7O2S. The Morgan fingerprint density at radius 2 is 2.11 bits per heavy atom. The molecule has 3 N–H and O–H groups in total. The molecule has 0 aliphatic heterocycles. The van der Waals surface area contributed by atoms with Gasteiger partial charge in [0.05, 0.1) is 11.0 Å². The zero-order valence-corrected chi connectivity index (χ0v) is 15.5. The van der Waals surface area contributed by atoms with Crippen LogP contribution in [0.15, 0.2) is 36.1 Å². The highest BCUT2D eigenvalue weighted by atomic mass is 32.1. The van der Waals surface area contributed by atoms with E-state index in [0.29, 0.717) is 22.3 Å². The molecule has 27 heavy (non-hydrogen) atoms. The number of hydrogen-bond donors (Lipinski definition) is 2. The summed E-state index contributed by atoms with van der Waals surface area (Å²) < 4.78 is 7.01. The van der Waals surface area contributed by atoms with E-state index in [4.69, 9.17) is 10.5 Å². The van der Waals surface area contributed by atoms with Crippen molar-refractivity contribution in [1.82, 2.24) is 29.5 Å². The van der Waals surface area contributed by atoms with E-state index < -0.39 is 5.60 Å². The maximum absolute atomic E-state index is 11.1. The molecular weight excluding hydrogens is 366 g/mol. The third kappa shape index (κ3) is 3.03. The van der Waals surface area contributed by atoms with Crippen LogP contribution in [-0.4, -0.2) is 41.7 Å². The first-order chi connectivity index (χ1) is 13.0. The van der Waals surface area contributed by atoms with Crippen LogP contribution in [-0.2, 0) is 16.9 Å². The third-order valence-electron chi connectivity index (χ3n) is 4.19. The number of nitrogens with zero attached hydrogens (tertiary/aromatic N) is 6. The second kappa shape index (κ2) is 6.65. The van der Waals surface area contributed by atoms with Gasteiger partial charge in [-0.25, -0.2) is 19.9 Å². The van der Waals surface area contributed by atoms with Crippen molar-refractivity contribution in [3.63, 3.8) is 0 Å². The van der Waals surface area contributed by atoms with Crippen LogP contribution in [0.5, 0.6) is 0 Å². The van der Waals surface area contributed by atoms with Crippen LogP contribution in [0.2, 0.25) is 0 Å². The van der Waals surface area contributed by atoms with Crippen molar-refractivity contribution in [3.8, 4) is 5.95 Å². The van der Waals surface area contributed by atoms with Gasteiger partial charge < -0.3 is 15.6 Å². The number of fused-ring (bicyclic) bond motifs is 1. The van der Waals surface area contributed by atoms with E-state index in [0.717, 1.165) is 11.0 Å². The number of aromatic nitrogens is 6. The summed E-state index contributed by atoms with van der Waals surface area (Å²) in [5.41, 5.74) is 6.61. The number of rotatable bonds is 5. The summed E-state index contributed by atoms with van der Waals surface area (Å²) in [4.78, 5) is 21.1. The van der Waals surface area contributed by atoms with Gasteiger partial charge in [-0.3, -0.25) is 4.57 Å². The summed E-state index contributed by atoms with van der Waals surface area (Å²) >= 11 is 1.39. The maximum atomic E-state index is 11.1. The van der Waals surface area contributed by atoms with Crippen LogP contribution in [0.4, 0.5) is 5.95 Å². The first-order valence-corrected chi connectivity index (χ1v) is 8.96. The highest BCUT2D eigenvalue weighted by molar-refractivity contribution is 7.09. The largest absolute Gasteiger partial charge is 0.378 e. The van der Waals surface area contributed by atoms with Crippen LogP contribution < -0.4 is 5.73 Å². The summed E-state index contributed by atoms with van der Waals surface area (Å²) in [6, 6.07) is 5.52. The number of methoxy groups -OCH3 is 1. The highest BCUT2D eigenvalue weighted by Crippen LogP contribution is 2.33. The molecule has 0 unspecified atom stereocenters. The number of nitrogens with two attached hydrogens (primary N) is 1. The third-order valence-corrected chi connectivity index (χ3v) is 5.17. The molecule has 0 spiro atoms. The summed E-state index contributed by atoms with van der Waals surface area (Å²) in [6.45, 7) is 1.98. The monoisotopic (exact) mass is 383 g/mol. The fourth-order valence-corrected chi connectivity index (χ4v) is 3.59. The fourth-order valence-electron chi connectivity index (χ4n) is 2.87. The van der Waals surface area contributed by atoms with Crippen molar-refractivity contribution in [1.29, 1.82) is 0 Å². The molecule has 9 nitrogen and oxygen atoms in total. The smallest absolute Gasteiger partial charge is 0.240 e. The van der Waals surface area contributed by atoms with Gasteiger partial charge in [0.25, 0.3) is 0 Å². The van der Waals surface area contributed by atoms with E-state index in [1.165, 1.54) is 17.7 Å². The number of thiazole rings is 1. The minimum absolute atomic E-state index is 0.108. The van der Waals surface area contributed by atoms with Crippen LogP contribution in [0.1, 0.15) is 23.3 Å². The molecule has 4 aromatic rings. The number of ether oxygens (including phenoxy) is 1. The van der Waals surface area contributed by atoms with Crippen LogP contribution in [0.3, 0.4) is 0 Å². The van der Waals surface area contributed by atoms with E-state index in [-0.39, 0.29) is 12.6 Å².